The van der Waals surface area contributed by atoms with E-state index in [4.69, 9.17) is 35.2 Å². The first-order valence-electron chi connectivity index (χ1n) is 16.7. The smallest absolute Gasteiger partial charge is 0.319 e. The van der Waals surface area contributed by atoms with Crippen molar-refractivity contribution in [3.63, 3.8) is 0 Å². The van der Waals surface area contributed by atoms with E-state index in [2.05, 4.69) is 43.8 Å². The summed E-state index contributed by atoms with van der Waals surface area (Å²) in [6.45, 7) is 14.6. The largest absolute Gasteiger partial charge is 0.468 e. The van der Waals surface area contributed by atoms with Crippen LogP contribution in [-0.2, 0) is 9.16 Å². The van der Waals surface area contributed by atoms with Crippen LogP contribution in [0.2, 0.25) is 23.2 Å². The number of hydrogen-bond acceptors (Lipinski definition) is 9. The summed E-state index contributed by atoms with van der Waals surface area (Å²) in [5.74, 6) is -0.605. The molecular formula is C36H45ClF2N4O5Si. The van der Waals surface area contributed by atoms with Gasteiger partial charge in [0, 0.05) is 49.4 Å². The number of halogens is 3. The van der Waals surface area contributed by atoms with Crippen molar-refractivity contribution in [3.8, 4) is 23.0 Å². The number of benzene rings is 2. The van der Waals surface area contributed by atoms with Crippen LogP contribution in [0, 0.1) is 17.0 Å². The van der Waals surface area contributed by atoms with Crippen molar-refractivity contribution in [1.29, 1.82) is 0 Å². The van der Waals surface area contributed by atoms with Gasteiger partial charge in [0.05, 0.1) is 22.6 Å². The first kappa shape index (κ1) is 35.7. The molecule has 1 aliphatic carbocycles. The van der Waals surface area contributed by atoms with Crippen molar-refractivity contribution >= 4 is 47.4 Å². The lowest BCUT2D eigenvalue weighted by molar-refractivity contribution is 0.0447. The zero-order valence-electron chi connectivity index (χ0n) is 29.3. The van der Waals surface area contributed by atoms with Gasteiger partial charge in [0.25, 0.3) is 0 Å². The molecule has 6 rings (SSSR count). The molecule has 264 valence electrons. The Hall–Kier alpha value is -3.16. The molecule has 2 aromatic heterocycles. The maximum absolute atomic E-state index is 16.9. The Balaban J connectivity index is 1.43. The minimum atomic E-state index is -1.97. The summed E-state index contributed by atoms with van der Waals surface area (Å²) >= 11 is 6.48. The second-order valence-corrected chi connectivity index (χ2v) is 20.5. The molecule has 13 heteroatoms. The number of piperidine rings is 1. The van der Waals surface area contributed by atoms with E-state index in [0.717, 1.165) is 19.3 Å². The van der Waals surface area contributed by atoms with Crippen molar-refractivity contribution < 1.29 is 32.5 Å². The molecule has 1 aliphatic heterocycles. The number of aliphatic hydroxyl groups is 1. The predicted octanol–water partition coefficient (Wildman–Crippen LogP) is 8.29. The van der Waals surface area contributed by atoms with Crippen molar-refractivity contribution in [3.05, 3.63) is 47.1 Å². The van der Waals surface area contributed by atoms with Gasteiger partial charge in [-0.2, -0.15) is 9.97 Å². The van der Waals surface area contributed by atoms with Crippen LogP contribution in [-0.4, -0.2) is 74.2 Å². The molecule has 2 aromatic carbocycles. The van der Waals surface area contributed by atoms with E-state index in [1.165, 1.54) is 19.4 Å². The van der Waals surface area contributed by atoms with E-state index < -0.39 is 25.6 Å². The highest BCUT2D eigenvalue weighted by Crippen LogP contribution is 2.48. The maximum atomic E-state index is 16.9. The van der Waals surface area contributed by atoms with Gasteiger partial charge in [-0.3, -0.25) is 4.98 Å². The summed E-state index contributed by atoms with van der Waals surface area (Å²) in [4.78, 5) is 15.8. The van der Waals surface area contributed by atoms with Crippen LogP contribution >= 0.6 is 11.6 Å². The molecule has 2 fully saturated rings. The van der Waals surface area contributed by atoms with Crippen LogP contribution in [0.5, 0.6) is 11.8 Å². The fourth-order valence-electron chi connectivity index (χ4n) is 5.96. The molecule has 1 saturated heterocycles. The highest BCUT2D eigenvalue weighted by Gasteiger charge is 2.47. The molecule has 0 radical (unpaired) electrons. The quantitative estimate of drug-likeness (QED) is 0.122. The summed E-state index contributed by atoms with van der Waals surface area (Å²) in [6.07, 6.45) is 4.76. The van der Waals surface area contributed by atoms with Crippen LogP contribution in [0.4, 0.5) is 14.6 Å². The second kappa shape index (κ2) is 13.2. The number of aromatic nitrogens is 3. The molecule has 3 heterocycles. The summed E-state index contributed by atoms with van der Waals surface area (Å²) in [7, 11) is -0.482. The van der Waals surface area contributed by atoms with Gasteiger partial charge in [0.15, 0.2) is 20.9 Å². The van der Waals surface area contributed by atoms with Gasteiger partial charge in [-0.1, -0.05) is 38.4 Å². The summed E-state index contributed by atoms with van der Waals surface area (Å²) < 4.78 is 55.3. The van der Waals surface area contributed by atoms with Crippen LogP contribution in [0.25, 0.3) is 32.9 Å². The zero-order chi connectivity index (χ0) is 35.4. The Labute approximate surface area is 292 Å². The van der Waals surface area contributed by atoms with E-state index in [0.29, 0.717) is 55.1 Å². The summed E-state index contributed by atoms with van der Waals surface area (Å²) in [6, 6.07) is 6.06. The standard InChI is InChI=1S/C36H45ClF2N4O5Si/c1-34(2,3)49(6,7)48-20-36(12-13-36)19-46-33-41-31-25(32(42-33)43-14-8-11-35(4,44)18-43)17-40-30(29(31)39)24-16-23(47-21-45-5)15-22-9-10-26(38)28(37)27(22)24/h9-10,15-17,44H,8,11-14,18-21H2,1-7H3/t35-/m1/s1. The minimum Gasteiger partial charge on any atom is -0.468 e. The van der Waals surface area contributed by atoms with Gasteiger partial charge >= 0.3 is 6.01 Å². The summed E-state index contributed by atoms with van der Waals surface area (Å²) in [5, 5.41) is 12.1. The number of ether oxygens (including phenoxy) is 3. The van der Waals surface area contributed by atoms with Crippen molar-refractivity contribution in [2.45, 2.75) is 77.1 Å². The normalized spacial score (nSPS) is 19.4. The molecular weight excluding hydrogens is 670 g/mol. The van der Waals surface area contributed by atoms with Crippen LogP contribution in [0.15, 0.2) is 30.5 Å². The fourth-order valence-corrected chi connectivity index (χ4v) is 7.33. The molecule has 0 unspecified atom stereocenters. The third kappa shape index (κ3) is 7.35. The van der Waals surface area contributed by atoms with E-state index in [-0.39, 0.29) is 50.4 Å². The maximum Gasteiger partial charge on any atom is 0.319 e. The van der Waals surface area contributed by atoms with Gasteiger partial charge in [-0.15, -0.1) is 0 Å². The van der Waals surface area contributed by atoms with Crippen LogP contribution < -0.4 is 14.4 Å². The highest BCUT2D eigenvalue weighted by molar-refractivity contribution is 6.74. The first-order chi connectivity index (χ1) is 23.0. The number of rotatable bonds is 11. The van der Waals surface area contributed by atoms with Gasteiger partial charge < -0.3 is 28.6 Å². The molecule has 1 saturated carbocycles. The number of anilines is 1. The van der Waals surface area contributed by atoms with E-state index in [9.17, 15) is 9.50 Å². The topological polar surface area (TPSA) is 99.1 Å². The van der Waals surface area contributed by atoms with E-state index >= 15 is 4.39 Å². The van der Waals surface area contributed by atoms with Gasteiger partial charge in [0.2, 0.25) is 0 Å². The monoisotopic (exact) mass is 714 g/mol. The Bertz CT molecular complexity index is 1880. The number of β-amino-alcohol motifs (C(OH)–C–C–N with tert-alkyl or cyclic N) is 1. The Morgan fingerprint density at radius 2 is 1.82 bits per heavy atom. The zero-order valence-corrected chi connectivity index (χ0v) is 31.0. The summed E-state index contributed by atoms with van der Waals surface area (Å²) in [5.41, 5.74) is -0.982. The Morgan fingerprint density at radius 1 is 1.06 bits per heavy atom. The van der Waals surface area contributed by atoms with Gasteiger partial charge in [0.1, 0.15) is 28.6 Å². The molecule has 4 aromatic rings. The SMILES string of the molecule is COCOc1cc(-c2ncc3c(N4CCC[C@@](C)(O)C4)nc(OCC4(CO[Si](C)(C)C(C)(C)C)CC4)nc3c2F)c2c(Cl)c(F)ccc2c1. The van der Waals surface area contributed by atoms with E-state index in [1.807, 2.05) is 4.90 Å². The lowest BCUT2D eigenvalue weighted by atomic mass is 9.95. The number of pyridine rings is 1. The number of nitrogens with zero attached hydrogens (tertiary/aromatic N) is 4. The van der Waals surface area contributed by atoms with Crippen molar-refractivity contribution in [2.75, 3.05) is 45.1 Å². The van der Waals surface area contributed by atoms with Crippen LogP contribution in [0.1, 0.15) is 53.4 Å². The molecule has 49 heavy (non-hydrogen) atoms. The second-order valence-electron chi connectivity index (χ2n) is 15.4. The molecule has 9 nitrogen and oxygen atoms in total. The number of methoxy groups -OCH3 is 1. The average Bonchev–Trinajstić information content (AvgIpc) is 3.82. The van der Waals surface area contributed by atoms with E-state index in [1.54, 1.807) is 25.1 Å². The molecule has 0 spiro atoms. The Kier molecular flexibility index (Phi) is 9.59. The van der Waals surface area contributed by atoms with Crippen molar-refractivity contribution in [2.24, 2.45) is 5.41 Å². The molecule has 1 atom stereocenters. The number of hydrogen-bond donors (Lipinski definition) is 1. The minimum absolute atomic E-state index is 0.0125. The van der Waals surface area contributed by atoms with Gasteiger partial charge in [-0.05, 0) is 74.3 Å². The van der Waals surface area contributed by atoms with Gasteiger partial charge in [-0.25, -0.2) is 8.78 Å². The van der Waals surface area contributed by atoms with Crippen LogP contribution in [0.3, 0.4) is 0 Å². The molecule has 0 amide bonds. The lowest BCUT2D eigenvalue weighted by Gasteiger charge is -2.38. The fraction of sp³-hybridized carbons (Fsp3) is 0.528. The molecule has 2 aliphatic rings. The number of fused-ring (bicyclic) bond motifs is 2. The third-order valence-electron chi connectivity index (χ3n) is 10.2. The van der Waals surface area contributed by atoms with Crippen molar-refractivity contribution in [1.82, 2.24) is 15.0 Å². The Morgan fingerprint density at radius 3 is 2.49 bits per heavy atom. The third-order valence-corrected chi connectivity index (χ3v) is 15.1. The average molecular weight is 715 g/mol. The molecule has 0 bridgehead atoms. The first-order valence-corrected chi connectivity index (χ1v) is 20.0. The highest BCUT2D eigenvalue weighted by atomic mass is 35.5. The molecule has 1 N–H and O–H groups in total. The lowest BCUT2D eigenvalue weighted by Crippen LogP contribution is -2.46. The predicted molar refractivity (Wildman–Crippen MR) is 190 cm³/mol.